The van der Waals surface area contributed by atoms with Crippen LogP contribution in [0.25, 0.3) is 0 Å². The summed E-state index contributed by atoms with van der Waals surface area (Å²) in [7, 11) is 0. The summed E-state index contributed by atoms with van der Waals surface area (Å²) in [5, 5.41) is 3.11. The Hall–Kier alpha value is -0.710. The molecule has 1 fully saturated rings. The number of carbonyl (C=O) groups is 1. The van der Waals surface area contributed by atoms with Gasteiger partial charge < -0.3 is 10.1 Å². The van der Waals surface area contributed by atoms with Gasteiger partial charge in [-0.1, -0.05) is 20.8 Å². The van der Waals surface area contributed by atoms with E-state index in [9.17, 15) is 13.6 Å². The highest BCUT2D eigenvalue weighted by Crippen LogP contribution is 2.30. The molecular formula is C11H19F2NO2. The molecule has 5 heteroatoms. The van der Waals surface area contributed by atoms with Gasteiger partial charge in [0.05, 0.1) is 6.42 Å². The minimum Gasteiger partial charge on any atom is -0.456 e. The molecule has 1 saturated heterocycles. The van der Waals surface area contributed by atoms with Gasteiger partial charge in [-0.25, -0.2) is 4.79 Å². The Kier molecular flexibility index (Phi) is 3.57. The van der Waals surface area contributed by atoms with Crippen molar-refractivity contribution in [1.29, 1.82) is 0 Å². The molecule has 2 unspecified atom stereocenters. The van der Waals surface area contributed by atoms with Crippen LogP contribution in [-0.2, 0) is 9.53 Å². The molecule has 0 amide bonds. The van der Waals surface area contributed by atoms with E-state index < -0.39 is 24.4 Å². The third-order valence-corrected chi connectivity index (χ3v) is 3.01. The fourth-order valence-corrected chi connectivity index (χ4v) is 1.38. The largest absolute Gasteiger partial charge is 0.456 e. The Balaban J connectivity index is 2.39. The van der Waals surface area contributed by atoms with Crippen LogP contribution in [0.1, 0.15) is 34.1 Å². The number of alkyl halides is 2. The number of carbonyl (C=O) groups excluding carboxylic acids is 1. The van der Waals surface area contributed by atoms with E-state index in [1.807, 2.05) is 6.92 Å². The van der Waals surface area contributed by atoms with Gasteiger partial charge in [0, 0.05) is 12.6 Å². The summed E-state index contributed by atoms with van der Waals surface area (Å²) in [4.78, 5) is 10.7. The topological polar surface area (TPSA) is 38.3 Å². The molecule has 0 bridgehead atoms. The third-order valence-electron chi connectivity index (χ3n) is 3.01. The maximum Gasteiger partial charge on any atom is 0.377 e. The zero-order chi connectivity index (χ0) is 12.6. The highest BCUT2D eigenvalue weighted by atomic mass is 19.3. The van der Waals surface area contributed by atoms with Crippen molar-refractivity contribution < 1.29 is 18.3 Å². The van der Waals surface area contributed by atoms with E-state index in [4.69, 9.17) is 0 Å². The zero-order valence-electron chi connectivity index (χ0n) is 10.1. The molecule has 0 aromatic heterocycles. The van der Waals surface area contributed by atoms with E-state index >= 15 is 0 Å². The molecule has 0 radical (unpaired) electrons. The van der Waals surface area contributed by atoms with Crippen LogP contribution < -0.4 is 5.32 Å². The highest BCUT2D eigenvalue weighted by Gasteiger charge is 2.50. The normalized spacial score (nSPS) is 26.6. The van der Waals surface area contributed by atoms with Gasteiger partial charge in [0.25, 0.3) is 0 Å². The van der Waals surface area contributed by atoms with E-state index in [2.05, 4.69) is 30.8 Å². The van der Waals surface area contributed by atoms with E-state index in [0.29, 0.717) is 0 Å². The molecule has 3 nitrogen and oxygen atoms in total. The number of rotatable bonds is 3. The number of nitrogens with one attached hydrogen (secondary N) is 1. The van der Waals surface area contributed by atoms with Crippen molar-refractivity contribution in [3.8, 4) is 0 Å². The molecule has 1 aliphatic rings. The smallest absolute Gasteiger partial charge is 0.377 e. The van der Waals surface area contributed by atoms with E-state index in [-0.39, 0.29) is 18.0 Å². The van der Waals surface area contributed by atoms with Crippen LogP contribution in [0.3, 0.4) is 0 Å². The summed E-state index contributed by atoms with van der Waals surface area (Å²) in [5.74, 6) is -4.71. The Morgan fingerprint density at radius 1 is 1.56 bits per heavy atom. The number of esters is 1. The monoisotopic (exact) mass is 235 g/mol. The molecule has 16 heavy (non-hydrogen) atoms. The molecule has 0 saturated carbocycles. The first-order valence-electron chi connectivity index (χ1n) is 5.45. The van der Waals surface area contributed by atoms with Crippen molar-refractivity contribution in [3.05, 3.63) is 0 Å². The molecule has 1 heterocycles. The summed E-state index contributed by atoms with van der Waals surface area (Å²) in [6, 6.07) is 0.167. The van der Waals surface area contributed by atoms with Crippen LogP contribution >= 0.6 is 0 Å². The highest BCUT2D eigenvalue weighted by molar-refractivity contribution is 5.79. The second-order valence-electron chi connectivity index (χ2n) is 5.43. The van der Waals surface area contributed by atoms with Gasteiger partial charge in [0.2, 0.25) is 0 Å². The lowest BCUT2D eigenvalue weighted by Crippen LogP contribution is -2.41. The number of cyclic esters (lactones) is 1. The van der Waals surface area contributed by atoms with Gasteiger partial charge in [0.15, 0.2) is 0 Å². The van der Waals surface area contributed by atoms with Crippen LogP contribution in [0, 0.1) is 5.41 Å². The summed E-state index contributed by atoms with van der Waals surface area (Å²) >= 11 is 0. The molecule has 0 aromatic carbocycles. The van der Waals surface area contributed by atoms with E-state index in [1.54, 1.807) is 0 Å². The van der Waals surface area contributed by atoms with Crippen LogP contribution in [0.15, 0.2) is 0 Å². The lowest BCUT2D eigenvalue weighted by molar-refractivity contribution is -0.159. The number of hydrogen-bond donors (Lipinski definition) is 1. The molecule has 94 valence electrons. The fraction of sp³-hybridized carbons (Fsp3) is 0.909. The SMILES string of the molecule is CC(NCC1CC(F)(F)C(=O)O1)C(C)(C)C. The second-order valence-corrected chi connectivity index (χ2v) is 5.43. The second kappa shape index (κ2) is 4.28. The Labute approximate surface area is 94.5 Å². The lowest BCUT2D eigenvalue weighted by Gasteiger charge is -2.29. The molecule has 0 aliphatic carbocycles. The third kappa shape index (κ3) is 3.14. The summed E-state index contributed by atoms with van der Waals surface area (Å²) < 4.78 is 30.3. The molecule has 1 aliphatic heterocycles. The molecule has 0 aromatic rings. The Morgan fingerprint density at radius 2 is 2.12 bits per heavy atom. The summed E-state index contributed by atoms with van der Waals surface area (Å²) in [6.45, 7) is 8.43. The molecule has 0 spiro atoms. The summed E-state index contributed by atoms with van der Waals surface area (Å²) in [5.41, 5.74) is 0.0468. The molecule has 1 rings (SSSR count). The first-order valence-corrected chi connectivity index (χ1v) is 5.45. The van der Waals surface area contributed by atoms with Crippen molar-refractivity contribution >= 4 is 5.97 Å². The molecule has 1 N–H and O–H groups in total. The molecule has 2 atom stereocenters. The van der Waals surface area contributed by atoms with Gasteiger partial charge in [0.1, 0.15) is 6.10 Å². The average Bonchev–Trinajstić information content (AvgIpc) is 2.35. The van der Waals surface area contributed by atoms with Crippen LogP contribution in [0.4, 0.5) is 8.78 Å². The summed E-state index contributed by atoms with van der Waals surface area (Å²) in [6.07, 6.45) is -1.23. The predicted octanol–water partition coefficient (Wildman–Crippen LogP) is 1.96. The quantitative estimate of drug-likeness (QED) is 0.760. The van der Waals surface area contributed by atoms with Gasteiger partial charge in [-0.3, -0.25) is 0 Å². The van der Waals surface area contributed by atoms with Crippen molar-refractivity contribution in [3.63, 3.8) is 0 Å². The standard InChI is InChI=1S/C11H19F2NO2/c1-7(10(2,3)4)14-6-8-5-11(12,13)9(15)16-8/h7-8,14H,5-6H2,1-4H3. The lowest BCUT2D eigenvalue weighted by atomic mass is 9.88. The van der Waals surface area contributed by atoms with Crippen LogP contribution in [0.5, 0.6) is 0 Å². The zero-order valence-corrected chi connectivity index (χ0v) is 10.1. The first kappa shape index (κ1) is 13.4. The van der Waals surface area contributed by atoms with Gasteiger partial charge in [-0.05, 0) is 12.3 Å². The number of halogens is 2. The maximum atomic E-state index is 12.8. The molecular weight excluding hydrogens is 216 g/mol. The van der Waals surface area contributed by atoms with Crippen molar-refractivity contribution in [1.82, 2.24) is 5.32 Å². The Morgan fingerprint density at radius 3 is 2.50 bits per heavy atom. The van der Waals surface area contributed by atoms with Crippen molar-refractivity contribution in [2.24, 2.45) is 5.41 Å². The van der Waals surface area contributed by atoms with E-state index in [0.717, 1.165) is 0 Å². The maximum absolute atomic E-state index is 12.8. The van der Waals surface area contributed by atoms with Gasteiger partial charge in [-0.2, -0.15) is 8.78 Å². The van der Waals surface area contributed by atoms with Crippen molar-refractivity contribution in [2.45, 2.75) is 52.2 Å². The fourth-order valence-electron chi connectivity index (χ4n) is 1.38. The average molecular weight is 235 g/mol. The Bertz CT molecular complexity index is 274. The predicted molar refractivity (Wildman–Crippen MR) is 56.4 cm³/mol. The van der Waals surface area contributed by atoms with E-state index in [1.165, 1.54) is 0 Å². The first-order chi connectivity index (χ1) is 7.13. The van der Waals surface area contributed by atoms with Crippen LogP contribution in [-0.4, -0.2) is 30.6 Å². The van der Waals surface area contributed by atoms with Crippen molar-refractivity contribution in [2.75, 3.05) is 6.54 Å². The van der Waals surface area contributed by atoms with Gasteiger partial charge in [-0.15, -0.1) is 0 Å². The number of ether oxygens (including phenoxy) is 1. The van der Waals surface area contributed by atoms with Gasteiger partial charge >= 0.3 is 11.9 Å². The van der Waals surface area contributed by atoms with Crippen LogP contribution in [0.2, 0.25) is 0 Å². The minimum atomic E-state index is -3.31. The minimum absolute atomic E-state index is 0.0468. The number of hydrogen-bond acceptors (Lipinski definition) is 3.